The van der Waals surface area contributed by atoms with Crippen LogP contribution in [0.25, 0.3) is 27.7 Å². The SMILES string of the molecule is COc1cc(OC)cc(-c2cc(OC)c(-n3c(=O)ccc4cc(S(=O)(=O)/N=C5\CCON5)ccc43)cc2F)c1. The van der Waals surface area contributed by atoms with Crippen LogP contribution in [0.15, 0.2) is 74.8 Å². The molecule has 0 radical (unpaired) electrons. The second-order valence-electron chi connectivity index (χ2n) is 8.55. The van der Waals surface area contributed by atoms with Gasteiger partial charge in [-0.15, -0.1) is 4.40 Å². The van der Waals surface area contributed by atoms with Crippen molar-refractivity contribution in [1.82, 2.24) is 10.0 Å². The Hall–Kier alpha value is -4.42. The van der Waals surface area contributed by atoms with Crippen molar-refractivity contribution in [3.63, 3.8) is 0 Å². The third-order valence-corrected chi connectivity index (χ3v) is 7.51. The molecule has 0 bridgehead atoms. The molecule has 0 spiro atoms. The molecule has 39 heavy (non-hydrogen) atoms. The van der Waals surface area contributed by atoms with Crippen molar-refractivity contribution >= 4 is 26.8 Å². The highest BCUT2D eigenvalue weighted by Gasteiger charge is 2.21. The average Bonchev–Trinajstić information content (AvgIpc) is 3.44. The van der Waals surface area contributed by atoms with Crippen LogP contribution in [0.1, 0.15) is 6.42 Å². The highest BCUT2D eigenvalue weighted by molar-refractivity contribution is 7.90. The number of ether oxygens (including phenoxy) is 3. The quantitative estimate of drug-likeness (QED) is 0.367. The average molecular weight is 554 g/mol. The van der Waals surface area contributed by atoms with E-state index >= 15 is 4.39 Å². The molecule has 202 valence electrons. The van der Waals surface area contributed by atoms with Crippen LogP contribution in [0.5, 0.6) is 17.2 Å². The number of hydroxylamine groups is 1. The van der Waals surface area contributed by atoms with Gasteiger partial charge in [-0.2, -0.15) is 8.42 Å². The topological polar surface area (TPSA) is 117 Å². The molecule has 2 heterocycles. The largest absolute Gasteiger partial charge is 0.497 e. The predicted octanol–water partition coefficient (Wildman–Crippen LogP) is 3.83. The van der Waals surface area contributed by atoms with E-state index in [-0.39, 0.29) is 27.7 Å². The molecule has 1 N–H and O–H groups in total. The van der Waals surface area contributed by atoms with Crippen LogP contribution in [-0.2, 0) is 14.9 Å². The number of hydrogen-bond donors (Lipinski definition) is 1. The minimum Gasteiger partial charge on any atom is -0.497 e. The summed E-state index contributed by atoms with van der Waals surface area (Å²) in [5.41, 5.74) is 3.20. The molecule has 5 rings (SSSR count). The van der Waals surface area contributed by atoms with Crippen LogP contribution >= 0.6 is 0 Å². The number of sulfonamides is 1. The Morgan fingerprint density at radius 2 is 1.69 bits per heavy atom. The van der Waals surface area contributed by atoms with Crippen LogP contribution in [0, 0.1) is 5.82 Å². The van der Waals surface area contributed by atoms with Crippen molar-refractivity contribution in [2.45, 2.75) is 11.3 Å². The zero-order valence-electron chi connectivity index (χ0n) is 21.2. The zero-order chi connectivity index (χ0) is 27.7. The highest BCUT2D eigenvalue weighted by Crippen LogP contribution is 2.36. The van der Waals surface area contributed by atoms with E-state index in [2.05, 4.69) is 9.88 Å². The Kier molecular flexibility index (Phi) is 6.98. The molecule has 1 fully saturated rings. The number of aromatic nitrogens is 1. The summed E-state index contributed by atoms with van der Waals surface area (Å²) in [6.45, 7) is 0.320. The summed E-state index contributed by atoms with van der Waals surface area (Å²) in [5.74, 6) is 0.756. The number of rotatable bonds is 7. The predicted molar refractivity (Wildman–Crippen MR) is 143 cm³/mol. The molecular weight excluding hydrogens is 529 g/mol. The fourth-order valence-electron chi connectivity index (χ4n) is 4.29. The van der Waals surface area contributed by atoms with Crippen LogP contribution in [0.3, 0.4) is 0 Å². The maximum Gasteiger partial charge on any atom is 0.284 e. The van der Waals surface area contributed by atoms with Crippen LogP contribution in [-0.4, -0.2) is 46.8 Å². The van der Waals surface area contributed by atoms with E-state index in [4.69, 9.17) is 19.0 Å². The molecule has 0 unspecified atom stereocenters. The number of nitrogens with zero attached hydrogens (tertiary/aromatic N) is 2. The molecule has 0 aliphatic carbocycles. The minimum absolute atomic E-state index is 0.0677. The fraction of sp³-hybridized carbons (Fsp3) is 0.185. The molecule has 1 saturated heterocycles. The van der Waals surface area contributed by atoms with Crippen molar-refractivity contribution in [1.29, 1.82) is 0 Å². The van der Waals surface area contributed by atoms with E-state index in [0.717, 1.165) is 0 Å². The van der Waals surface area contributed by atoms with Crippen molar-refractivity contribution in [2.24, 2.45) is 4.40 Å². The molecule has 3 aromatic carbocycles. The minimum atomic E-state index is -4.04. The number of nitrogens with one attached hydrogen (secondary N) is 1. The molecule has 0 amide bonds. The molecule has 0 saturated carbocycles. The van der Waals surface area contributed by atoms with E-state index < -0.39 is 21.4 Å². The first-order chi connectivity index (χ1) is 18.7. The molecule has 1 aliphatic heterocycles. The summed E-state index contributed by atoms with van der Waals surface area (Å²) in [6.07, 6.45) is 0.344. The van der Waals surface area contributed by atoms with Crippen molar-refractivity contribution < 1.29 is 31.9 Å². The van der Waals surface area contributed by atoms with Crippen LogP contribution in [0.2, 0.25) is 0 Å². The van der Waals surface area contributed by atoms with Crippen molar-refractivity contribution in [3.05, 3.63) is 76.8 Å². The summed E-state index contributed by atoms with van der Waals surface area (Å²) in [7, 11) is 0.363. The van der Waals surface area contributed by atoms with Crippen LogP contribution in [0.4, 0.5) is 4.39 Å². The van der Waals surface area contributed by atoms with Gasteiger partial charge in [0.1, 0.15) is 28.9 Å². The van der Waals surface area contributed by atoms with E-state index in [1.807, 2.05) is 0 Å². The van der Waals surface area contributed by atoms with E-state index in [1.54, 1.807) is 18.2 Å². The first-order valence-electron chi connectivity index (χ1n) is 11.7. The van der Waals surface area contributed by atoms with Crippen LogP contribution < -0.4 is 25.2 Å². The van der Waals surface area contributed by atoms with Crippen molar-refractivity contribution in [3.8, 4) is 34.1 Å². The summed E-state index contributed by atoms with van der Waals surface area (Å²) in [5, 5.41) is 0.426. The van der Waals surface area contributed by atoms with E-state index in [1.165, 1.54) is 68.4 Å². The van der Waals surface area contributed by atoms with Gasteiger partial charge in [0.2, 0.25) is 0 Å². The Bertz CT molecular complexity index is 1750. The Morgan fingerprint density at radius 1 is 0.949 bits per heavy atom. The first-order valence-corrected chi connectivity index (χ1v) is 13.2. The summed E-state index contributed by atoms with van der Waals surface area (Å²) in [4.78, 5) is 17.9. The van der Waals surface area contributed by atoms with E-state index in [9.17, 15) is 13.2 Å². The van der Waals surface area contributed by atoms with Gasteiger partial charge in [0, 0.05) is 35.6 Å². The third-order valence-electron chi connectivity index (χ3n) is 6.20. The summed E-state index contributed by atoms with van der Waals surface area (Å²) in [6, 6.07) is 14.6. The van der Waals surface area contributed by atoms with Gasteiger partial charge in [0.15, 0.2) is 0 Å². The molecule has 1 aromatic heterocycles. The van der Waals surface area contributed by atoms with Gasteiger partial charge in [-0.25, -0.2) is 4.39 Å². The first kappa shape index (κ1) is 26.2. The molecule has 12 heteroatoms. The lowest BCUT2D eigenvalue weighted by atomic mass is 10.0. The number of pyridine rings is 1. The normalized spacial score (nSPS) is 14.4. The molecule has 1 aliphatic rings. The van der Waals surface area contributed by atoms with Gasteiger partial charge in [0.25, 0.3) is 15.6 Å². The zero-order valence-corrected chi connectivity index (χ0v) is 22.0. The Labute approximate surface area is 223 Å². The number of methoxy groups -OCH3 is 3. The monoisotopic (exact) mass is 553 g/mol. The maximum atomic E-state index is 15.6. The second kappa shape index (κ2) is 10.4. The lowest BCUT2D eigenvalue weighted by molar-refractivity contribution is 0.122. The molecule has 0 atom stereocenters. The van der Waals surface area contributed by atoms with Gasteiger partial charge in [-0.05, 0) is 48.0 Å². The fourth-order valence-corrected chi connectivity index (χ4v) is 5.33. The maximum absolute atomic E-state index is 15.6. The molecule has 4 aromatic rings. The third kappa shape index (κ3) is 5.03. The number of benzene rings is 3. The molecular formula is C27H24FN3O7S. The van der Waals surface area contributed by atoms with E-state index in [0.29, 0.717) is 41.0 Å². The van der Waals surface area contributed by atoms with Gasteiger partial charge < -0.3 is 14.2 Å². The van der Waals surface area contributed by atoms with Gasteiger partial charge >= 0.3 is 0 Å². The van der Waals surface area contributed by atoms with Gasteiger partial charge in [-0.1, -0.05) is 0 Å². The van der Waals surface area contributed by atoms with Gasteiger partial charge in [-0.3, -0.25) is 19.7 Å². The second-order valence-corrected chi connectivity index (χ2v) is 10.2. The lowest BCUT2D eigenvalue weighted by Crippen LogP contribution is -2.19. The Balaban J connectivity index is 1.65. The van der Waals surface area contributed by atoms with Gasteiger partial charge in [0.05, 0.1) is 44.0 Å². The lowest BCUT2D eigenvalue weighted by Gasteiger charge is -2.17. The van der Waals surface area contributed by atoms with Crippen molar-refractivity contribution in [2.75, 3.05) is 27.9 Å². The number of fused-ring (bicyclic) bond motifs is 1. The summed E-state index contributed by atoms with van der Waals surface area (Å²) >= 11 is 0. The highest BCUT2D eigenvalue weighted by atomic mass is 32.2. The number of halogens is 1. The standard InChI is InChI=1S/C27H24FN3O7S/c1-35-18-10-17(11-19(13-18)36-2)21-14-25(37-3)24(15-22(21)28)31-23-6-5-20(12-16(23)4-7-27(31)32)39(33,34)30-26-8-9-38-29-26/h4-7,10-15H,8-9H2,1-3H3,(H,29,30). The summed E-state index contributed by atoms with van der Waals surface area (Å²) < 4.78 is 62.5. The smallest absolute Gasteiger partial charge is 0.284 e. The Morgan fingerprint density at radius 3 is 2.33 bits per heavy atom. The molecule has 10 nitrogen and oxygen atoms in total. The number of hydrogen-bond acceptors (Lipinski definition) is 7. The number of amidine groups is 1.